The molecule has 1 aromatic rings. The van der Waals surface area contributed by atoms with Crippen molar-refractivity contribution in [2.45, 2.75) is 6.18 Å². The van der Waals surface area contributed by atoms with Crippen LogP contribution in [0, 0.1) is 0 Å². The Morgan fingerprint density at radius 3 is 2.33 bits per heavy atom. The molecular formula is C10H8F3NO. The van der Waals surface area contributed by atoms with Crippen LogP contribution in [0.1, 0.15) is 5.56 Å². The number of halogens is 3. The van der Waals surface area contributed by atoms with Crippen molar-refractivity contribution in [2.24, 2.45) is 0 Å². The van der Waals surface area contributed by atoms with E-state index in [4.69, 9.17) is 0 Å². The summed E-state index contributed by atoms with van der Waals surface area (Å²) in [6.45, 7) is 0. The molecule has 5 heteroatoms. The van der Waals surface area contributed by atoms with Crippen molar-refractivity contribution >= 4 is 12.0 Å². The summed E-state index contributed by atoms with van der Waals surface area (Å²) in [5.74, 6) is -1.98. The van der Waals surface area contributed by atoms with E-state index in [0.717, 1.165) is 6.20 Å². The van der Waals surface area contributed by atoms with Gasteiger partial charge in [0.25, 0.3) is 0 Å². The van der Waals surface area contributed by atoms with Crippen LogP contribution in [0.4, 0.5) is 13.2 Å². The maximum absolute atomic E-state index is 11.7. The lowest BCUT2D eigenvalue weighted by molar-refractivity contribution is -0.172. The van der Waals surface area contributed by atoms with Crippen LogP contribution in [0.3, 0.4) is 0 Å². The van der Waals surface area contributed by atoms with Gasteiger partial charge in [-0.05, 0) is 11.6 Å². The van der Waals surface area contributed by atoms with E-state index in [9.17, 15) is 18.0 Å². The van der Waals surface area contributed by atoms with E-state index >= 15 is 0 Å². The quantitative estimate of drug-likeness (QED) is 0.806. The molecule has 0 atom stereocenters. The summed E-state index contributed by atoms with van der Waals surface area (Å²) < 4.78 is 35.2. The first kappa shape index (κ1) is 11.3. The summed E-state index contributed by atoms with van der Waals surface area (Å²) in [6, 6.07) is 8.68. The number of rotatable bonds is 2. The molecule has 0 unspecified atom stereocenters. The minimum Gasteiger partial charge on any atom is -0.325 e. The third-order valence-electron chi connectivity index (χ3n) is 1.55. The van der Waals surface area contributed by atoms with Gasteiger partial charge in [0.15, 0.2) is 0 Å². The standard InChI is InChI=1S/C10H8F3NO/c11-10(12,13)9(15)14-7-6-8-4-2-1-3-5-8/h1-7H,(H,14,15)/b7-6+. The predicted molar refractivity (Wildman–Crippen MR) is 49.7 cm³/mol. The Balaban J connectivity index is 2.51. The van der Waals surface area contributed by atoms with Crippen LogP contribution in [0.25, 0.3) is 6.08 Å². The van der Waals surface area contributed by atoms with E-state index in [1.807, 2.05) is 0 Å². The summed E-state index contributed by atoms with van der Waals surface area (Å²) in [5.41, 5.74) is 0.708. The second-order valence-corrected chi connectivity index (χ2v) is 2.72. The number of hydrogen-bond acceptors (Lipinski definition) is 1. The Hall–Kier alpha value is -1.78. The smallest absolute Gasteiger partial charge is 0.325 e. The fraction of sp³-hybridized carbons (Fsp3) is 0.100. The maximum atomic E-state index is 11.7. The van der Waals surface area contributed by atoms with Crippen LogP contribution in [-0.4, -0.2) is 12.1 Å². The Kier molecular flexibility index (Phi) is 3.49. The molecule has 80 valence electrons. The Bertz CT molecular complexity index is 357. The molecule has 0 aliphatic rings. The Morgan fingerprint density at radius 2 is 1.80 bits per heavy atom. The SMILES string of the molecule is O=C(N/C=C/c1ccccc1)C(F)(F)F. The molecule has 1 aromatic carbocycles. The highest BCUT2D eigenvalue weighted by Gasteiger charge is 2.37. The van der Waals surface area contributed by atoms with Crippen LogP contribution in [0.2, 0.25) is 0 Å². The minimum atomic E-state index is -4.85. The summed E-state index contributed by atoms with van der Waals surface area (Å²) in [6.07, 6.45) is -2.50. The summed E-state index contributed by atoms with van der Waals surface area (Å²) >= 11 is 0. The Labute approximate surface area is 84.4 Å². The van der Waals surface area contributed by atoms with Gasteiger partial charge < -0.3 is 5.32 Å². The normalized spacial score (nSPS) is 11.7. The number of alkyl halides is 3. The molecule has 0 saturated carbocycles. The van der Waals surface area contributed by atoms with Gasteiger partial charge in [-0.15, -0.1) is 0 Å². The summed E-state index contributed by atoms with van der Waals surface area (Å²) in [5, 5.41) is 1.63. The molecule has 0 radical (unpaired) electrons. The van der Waals surface area contributed by atoms with Crippen molar-refractivity contribution < 1.29 is 18.0 Å². The van der Waals surface area contributed by atoms with Crippen molar-refractivity contribution in [1.82, 2.24) is 5.32 Å². The molecule has 0 aromatic heterocycles. The Morgan fingerprint density at radius 1 is 1.20 bits per heavy atom. The average molecular weight is 215 g/mol. The largest absolute Gasteiger partial charge is 0.471 e. The van der Waals surface area contributed by atoms with E-state index < -0.39 is 12.1 Å². The molecule has 2 nitrogen and oxygen atoms in total. The number of carbonyl (C=O) groups excluding carboxylic acids is 1. The van der Waals surface area contributed by atoms with Gasteiger partial charge in [-0.2, -0.15) is 13.2 Å². The fourth-order valence-corrected chi connectivity index (χ4v) is 0.860. The van der Waals surface area contributed by atoms with Gasteiger partial charge in [-0.3, -0.25) is 4.79 Å². The highest BCUT2D eigenvalue weighted by Crippen LogP contribution is 2.14. The van der Waals surface area contributed by atoms with E-state index in [1.165, 1.54) is 6.08 Å². The van der Waals surface area contributed by atoms with Gasteiger partial charge >= 0.3 is 12.1 Å². The third kappa shape index (κ3) is 3.84. The monoisotopic (exact) mass is 215 g/mol. The highest BCUT2D eigenvalue weighted by atomic mass is 19.4. The molecule has 0 heterocycles. The van der Waals surface area contributed by atoms with E-state index in [0.29, 0.717) is 5.56 Å². The number of nitrogens with one attached hydrogen (secondary N) is 1. The number of hydrogen-bond donors (Lipinski definition) is 1. The zero-order chi connectivity index (χ0) is 11.3. The zero-order valence-corrected chi connectivity index (χ0v) is 7.58. The van der Waals surface area contributed by atoms with Crippen molar-refractivity contribution in [2.75, 3.05) is 0 Å². The van der Waals surface area contributed by atoms with Crippen molar-refractivity contribution in [1.29, 1.82) is 0 Å². The first-order chi connectivity index (χ1) is 7.00. The lowest BCUT2D eigenvalue weighted by Crippen LogP contribution is -2.33. The van der Waals surface area contributed by atoms with Crippen LogP contribution in [0.15, 0.2) is 36.5 Å². The molecule has 1 rings (SSSR count). The first-order valence-electron chi connectivity index (χ1n) is 4.09. The second kappa shape index (κ2) is 4.63. The molecule has 0 saturated heterocycles. The van der Waals surface area contributed by atoms with Gasteiger partial charge in [0.1, 0.15) is 0 Å². The third-order valence-corrected chi connectivity index (χ3v) is 1.55. The maximum Gasteiger partial charge on any atom is 0.471 e. The lowest BCUT2D eigenvalue weighted by Gasteiger charge is -2.02. The van der Waals surface area contributed by atoms with Crippen LogP contribution < -0.4 is 5.32 Å². The molecule has 0 fully saturated rings. The van der Waals surface area contributed by atoms with Gasteiger partial charge in [0, 0.05) is 6.20 Å². The molecule has 1 N–H and O–H groups in total. The van der Waals surface area contributed by atoms with E-state index in [1.54, 1.807) is 35.6 Å². The number of amides is 1. The average Bonchev–Trinajstić information content (AvgIpc) is 2.18. The van der Waals surface area contributed by atoms with Gasteiger partial charge in [0.2, 0.25) is 0 Å². The first-order valence-corrected chi connectivity index (χ1v) is 4.09. The van der Waals surface area contributed by atoms with Crippen molar-refractivity contribution in [3.63, 3.8) is 0 Å². The van der Waals surface area contributed by atoms with Gasteiger partial charge in [-0.25, -0.2) is 0 Å². The van der Waals surface area contributed by atoms with E-state index in [-0.39, 0.29) is 0 Å². The molecule has 1 amide bonds. The molecule has 0 spiro atoms. The molecule has 0 aliphatic carbocycles. The zero-order valence-electron chi connectivity index (χ0n) is 7.58. The van der Waals surface area contributed by atoms with Crippen molar-refractivity contribution in [3.05, 3.63) is 42.1 Å². The minimum absolute atomic E-state index is 0.708. The van der Waals surface area contributed by atoms with Gasteiger partial charge in [-0.1, -0.05) is 30.3 Å². The van der Waals surface area contributed by atoms with Crippen LogP contribution in [0.5, 0.6) is 0 Å². The molecular weight excluding hydrogens is 207 g/mol. The topological polar surface area (TPSA) is 29.1 Å². The number of carbonyl (C=O) groups is 1. The van der Waals surface area contributed by atoms with Crippen LogP contribution in [-0.2, 0) is 4.79 Å². The molecule has 0 aliphatic heterocycles. The van der Waals surface area contributed by atoms with Crippen molar-refractivity contribution in [3.8, 4) is 0 Å². The van der Waals surface area contributed by atoms with Crippen LogP contribution >= 0.6 is 0 Å². The second-order valence-electron chi connectivity index (χ2n) is 2.72. The van der Waals surface area contributed by atoms with E-state index in [2.05, 4.69) is 0 Å². The highest BCUT2D eigenvalue weighted by molar-refractivity contribution is 5.83. The number of benzene rings is 1. The lowest BCUT2D eigenvalue weighted by atomic mass is 10.2. The summed E-state index contributed by atoms with van der Waals surface area (Å²) in [4.78, 5) is 10.4. The molecule has 15 heavy (non-hydrogen) atoms. The fourth-order valence-electron chi connectivity index (χ4n) is 0.860. The molecule has 0 bridgehead atoms. The predicted octanol–water partition coefficient (Wildman–Crippen LogP) is 2.34. The summed E-state index contributed by atoms with van der Waals surface area (Å²) in [7, 11) is 0. The van der Waals surface area contributed by atoms with Gasteiger partial charge in [0.05, 0.1) is 0 Å².